The minimum atomic E-state index is -0.505. The Labute approximate surface area is 59.1 Å². The number of halogens is 2. The molecule has 0 bridgehead atoms. The minimum absolute atomic E-state index is 0.325. The molecule has 1 saturated carbocycles. The molecule has 1 nitrogen and oxygen atoms in total. The number of hydrogen-bond donors (Lipinski definition) is 1. The van der Waals surface area contributed by atoms with Gasteiger partial charge in [0, 0.05) is 5.92 Å². The average Bonchev–Trinajstić information content (AvgIpc) is 2.09. The lowest BCUT2D eigenvalue weighted by molar-refractivity contribution is 0.760. The average molecular weight is 154 g/mol. The number of nitrogens with two attached hydrogens (primary N) is 1. The van der Waals surface area contributed by atoms with Crippen LogP contribution in [0.15, 0.2) is 0 Å². The van der Waals surface area contributed by atoms with E-state index < -0.39 is 4.33 Å². The fourth-order valence-electron chi connectivity index (χ4n) is 0.921. The Balaban J connectivity index is 2.45. The summed E-state index contributed by atoms with van der Waals surface area (Å²) in [5.41, 5.74) is 5.33. The number of hydrogen-bond acceptors (Lipinski definition) is 1. The normalized spacial score (nSPS) is 42.0. The summed E-state index contributed by atoms with van der Waals surface area (Å²) < 4.78 is -0.505. The summed E-state index contributed by atoms with van der Waals surface area (Å²) in [5, 5.41) is 0. The second kappa shape index (κ2) is 1.76. The second-order valence-electron chi connectivity index (χ2n) is 2.31. The van der Waals surface area contributed by atoms with E-state index in [4.69, 9.17) is 28.9 Å². The highest BCUT2D eigenvalue weighted by Crippen LogP contribution is 2.58. The van der Waals surface area contributed by atoms with E-state index >= 15 is 0 Å². The summed E-state index contributed by atoms with van der Waals surface area (Å²) in [6, 6.07) is 0. The van der Waals surface area contributed by atoms with Gasteiger partial charge >= 0.3 is 0 Å². The SMILES string of the molecule is CC1C(CN)C1(Cl)Cl. The maximum Gasteiger partial charge on any atom is 0.125 e. The van der Waals surface area contributed by atoms with E-state index in [1.165, 1.54) is 0 Å². The van der Waals surface area contributed by atoms with Crippen LogP contribution in [0.2, 0.25) is 0 Å². The third-order valence-corrected chi connectivity index (χ3v) is 3.10. The van der Waals surface area contributed by atoms with Gasteiger partial charge in [-0.3, -0.25) is 0 Å². The summed E-state index contributed by atoms with van der Waals surface area (Å²) in [7, 11) is 0. The summed E-state index contributed by atoms with van der Waals surface area (Å²) in [5.74, 6) is 0.710. The summed E-state index contributed by atoms with van der Waals surface area (Å²) >= 11 is 11.5. The standard InChI is InChI=1S/C5H9Cl2N/c1-3-4(2-8)5(3,6)7/h3-4H,2,8H2,1H3. The van der Waals surface area contributed by atoms with Gasteiger partial charge in [-0.05, 0) is 12.5 Å². The molecule has 0 heterocycles. The van der Waals surface area contributed by atoms with E-state index in [1.54, 1.807) is 0 Å². The Morgan fingerprint density at radius 1 is 1.62 bits per heavy atom. The van der Waals surface area contributed by atoms with Gasteiger partial charge in [-0.1, -0.05) is 6.92 Å². The summed E-state index contributed by atoms with van der Waals surface area (Å²) in [4.78, 5) is 0. The maximum absolute atomic E-state index is 5.74. The maximum atomic E-state index is 5.74. The first-order valence-corrected chi connectivity index (χ1v) is 3.44. The molecule has 3 heteroatoms. The van der Waals surface area contributed by atoms with Crippen LogP contribution in [0, 0.1) is 11.8 Å². The van der Waals surface area contributed by atoms with Gasteiger partial charge < -0.3 is 5.73 Å². The monoisotopic (exact) mass is 153 g/mol. The number of alkyl halides is 2. The molecule has 0 aliphatic heterocycles. The highest BCUT2D eigenvalue weighted by Gasteiger charge is 2.59. The van der Waals surface area contributed by atoms with Crippen LogP contribution in [0.3, 0.4) is 0 Å². The van der Waals surface area contributed by atoms with Crippen LogP contribution < -0.4 is 5.73 Å². The predicted molar refractivity (Wildman–Crippen MR) is 36.1 cm³/mol. The zero-order valence-corrected chi connectivity index (χ0v) is 6.21. The molecule has 0 radical (unpaired) electrons. The molecule has 0 spiro atoms. The topological polar surface area (TPSA) is 26.0 Å². The molecular weight excluding hydrogens is 145 g/mol. The lowest BCUT2D eigenvalue weighted by Crippen LogP contribution is -2.05. The quantitative estimate of drug-likeness (QED) is 0.567. The van der Waals surface area contributed by atoms with Gasteiger partial charge in [0.05, 0.1) is 0 Å². The zero-order chi connectivity index (χ0) is 6.36. The molecule has 2 atom stereocenters. The molecule has 0 saturated heterocycles. The van der Waals surface area contributed by atoms with Gasteiger partial charge in [-0.15, -0.1) is 23.2 Å². The molecule has 0 aromatic heterocycles. The fraction of sp³-hybridized carbons (Fsp3) is 1.00. The Kier molecular flexibility index (Phi) is 1.46. The van der Waals surface area contributed by atoms with Crippen LogP contribution in [0.1, 0.15) is 6.92 Å². The second-order valence-corrected chi connectivity index (χ2v) is 3.75. The van der Waals surface area contributed by atoms with E-state index in [0.29, 0.717) is 18.4 Å². The minimum Gasteiger partial charge on any atom is -0.330 e. The lowest BCUT2D eigenvalue weighted by atomic mass is 10.3. The van der Waals surface area contributed by atoms with Crippen LogP contribution in [0.5, 0.6) is 0 Å². The van der Waals surface area contributed by atoms with Crippen molar-refractivity contribution in [2.24, 2.45) is 17.6 Å². The molecule has 2 unspecified atom stereocenters. The number of rotatable bonds is 1. The first-order chi connectivity index (χ1) is 3.60. The summed E-state index contributed by atoms with van der Waals surface area (Å²) in [6.07, 6.45) is 0. The molecule has 48 valence electrons. The van der Waals surface area contributed by atoms with Gasteiger partial charge in [-0.25, -0.2) is 0 Å². The first-order valence-electron chi connectivity index (χ1n) is 2.68. The highest BCUT2D eigenvalue weighted by molar-refractivity contribution is 6.51. The van der Waals surface area contributed by atoms with E-state index in [-0.39, 0.29) is 0 Å². The third-order valence-electron chi connectivity index (χ3n) is 1.85. The van der Waals surface area contributed by atoms with Crippen LogP contribution in [0.4, 0.5) is 0 Å². The van der Waals surface area contributed by atoms with Crippen molar-refractivity contribution >= 4 is 23.2 Å². The van der Waals surface area contributed by atoms with E-state index in [2.05, 4.69) is 0 Å². The van der Waals surface area contributed by atoms with Crippen LogP contribution in [-0.4, -0.2) is 10.9 Å². The van der Waals surface area contributed by atoms with Crippen LogP contribution in [-0.2, 0) is 0 Å². The molecule has 0 aromatic rings. The Morgan fingerprint density at radius 2 is 2.00 bits per heavy atom. The van der Waals surface area contributed by atoms with E-state index in [9.17, 15) is 0 Å². The molecule has 0 aromatic carbocycles. The molecule has 1 rings (SSSR count). The van der Waals surface area contributed by atoms with E-state index in [1.807, 2.05) is 6.92 Å². The van der Waals surface area contributed by atoms with Crippen molar-refractivity contribution in [3.63, 3.8) is 0 Å². The largest absolute Gasteiger partial charge is 0.330 e. The van der Waals surface area contributed by atoms with Gasteiger partial charge in [0.25, 0.3) is 0 Å². The summed E-state index contributed by atoms with van der Waals surface area (Å²) in [6.45, 7) is 2.62. The fourth-order valence-corrected chi connectivity index (χ4v) is 1.66. The molecule has 0 amide bonds. The van der Waals surface area contributed by atoms with Gasteiger partial charge in [0.15, 0.2) is 0 Å². The molecule has 1 aliphatic carbocycles. The Bertz CT molecular complexity index is 103. The zero-order valence-electron chi connectivity index (χ0n) is 4.70. The molecule has 1 fully saturated rings. The predicted octanol–water partition coefficient (Wildman–Crippen LogP) is 1.38. The van der Waals surface area contributed by atoms with Crippen molar-refractivity contribution in [1.29, 1.82) is 0 Å². The molecular formula is C5H9Cl2N. The molecule has 8 heavy (non-hydrogen) atoms. The molecule has 1 aliphatic rings. The van der Waals surface area contributed by atoms with E-state index in [0.717, 1.165) is 0 Å². The van der Waals surface area contributed by atoms with Crippen LogP contribution >= 0.6 is 23.2 Å². The van der Waals surface area contributed by atoms with Gasteiger partial charge in [-0.2, -0.15) is 0 Å². The van der Waals surface area contributed by atoms with Crippen molar-refractivity contribution in [2.75, 3.05) is 6.54 Å². The van der Waals surface area contributed by atoms with Crippen molar-refractivity contribution < 1.29 is 0 Å². The van der Waals surface area contributed by atoms with Crippen LogP contribution in [0.25, 0.3) is 0 Å². The smallest absolute Gasteiger partial charge is 0.125 e. The lowest BCUT2D eigenvalue weighted by Gasteiger charge is -1.90. The Morgan fingerprint density at radius 3 is 2.00 bits per heavy atom. The molecule has 2 N–H and O–H groups in total. The Hall–Kier alpha value is 0.540. The van der Waals surface area contributed by atoms with Crippen molar-refractivity contribution in [3.05, 3.63) is 0 Å². The van der Waals surface area contributed by atoms with Crippen molar-refractivity contribution in [2.45, 2.75) is 11.3 Å². The van der Waals surface area contributed by atoms with Crippen molar-refractivity contribution in [3.8, 4) is 0 Å². The third kappa shape index (κ3) is 0.734. The van der Waals surface area contributed by atoms with Crippen molar-refractivity contribution in [1.82, 2.24) is 0 Å². The highest BCUT2D eigenvalue weighted by atomic mass is 35.5. The van der Waals surface area contributed by atoms with Gasteiger partial charge in [0.1, 0.15) is 4.33 Å². The van der Waals surface area contributed by atoms with Gasteiger partial charge in [0.2, 0.25) is 0 Å². The first kappa shape index (κ1) is 6.66.